The van der Waals surface area contributed by atoms with Gasteiger partial charge in [-0.15, -0.1) is 0 Å². The molecule has 2 aromatic rings. The molecule has 0 radical (unpaired) electrons. The number of carbonyl (C=O) groups is 2. The minimum absolute atomic E-state index is 0.0627. The number of halogens is 2. The average molecular weight is 490 g/mol. The maximum Gasteiger partial charge on any atom is 0.293 e. The van der Waals surface area contributed by atoms with Crippen LogP contribution in [0.25, 0.3) is 6.08 Å². The second-order valence-electron chi connectivity index (χ2n) is 5.21. The molecule has 2 aliphatic heterocycles. The van der Waals surface area contributed by atoms with Crippen LogP contribution in [0.3, 0.4) is 0 Å². The van der Waals surface area contributed by atoms with Gasteiger partial charge < -0.3 is 13.9 Å². The third-order valence-corrected chi connectivity index (χ3v) is 5.45. The molecule has 0 aliphatic carbocycles. The number of carbonyl (C=O) groups excluding carboxylic acids is 2. The van der Waals surface area contributed by atoms with E-state index in [-0.39, 0.29) is 24.5 Å². The molecule has 128 valence electrons. The smallest absolute Gasteiger partial charge is 0.293 e. The number of hydrogen-bond acceptors (Lipinski definition) is 6. The molecule has 2 amide bonds. The van der Waals surface area contributed by atoms with E-state index in [0.717, 1.165) is 16.7 Å². The molecule has 0 N–H and O–H groups in total. The molecule has 0 atom stereocenters. The zero-order valence-corrected chi connectivity index (χ0v) is 16.2. The molecule has 1 fully saturated rings. The number of imide groups is 1. The van der Waals surface area contributed by atoms with Gasteiger partial charge in [0, 0.05) is 17.2 Å². The summed E-state index contributed by atoms with van der Waals surface area (Å²) in [5.74, 6) is 1.24. The predicted molar refractivity (Wildman–Crippen MR) is 101 cm³/mol. The molecule has 0 unspecified atom stereocenters. The fourth-order valence-corrected chi connectivity index (χ4v) is 3.89. The van der Waals surface area contributed by atoms with Crippen molar-refractivity contribution in [3.05, 3.63) is 49.3 Å². The van der Waals surface area contributed by atoms with Crippen LogP contribution in [0, 0.1) is 3.77 Å². The molecule has 6 nitrogen and oxygen atoms in total. The molecule has 0 bridgehead atoms. The van der Waals surface area contributed by atoms with Gasteiger partial charge in [0.25, 0.3) is 11.1 Å². The number of nitrogens with zero attached hydrogens (tertiary/aromatic N) is 1. The van der Waals surface area contributed by atoms with Crippen molar-refractivity contribution < 1.29 is 23.5 Å². The van der Waals surface area contributed by atoms with Crippen LogP contribution in [0.1, 0.15) is 11.3 Å². The summed E-state index contributed by atoms with van der Waals surface area (Å²) in [6.45, 7) is 0.189. The van der Waals surface area contributed by atoms with Crippen molar-refractivity contribution in [2.24, 2.45) is 0 Å². The van der Waals surface area contributed by atoms with Crippen LogP contribution in [0.2, 0.25) is 5.02 Å². The molecule has 9 heteroatoms. The molecule has 2 aliphatic rings. The molecular formula is C16H9ClINO5S. The average Bonchev–Trinajstić information content (AvgIpc) is 3.24. The summed E-state index contributed by atoms with van der Waals surface area (Å²) in [5.41, 5.74) is 0.613. The number of amides is 2. The summed E-state index contributed by atoms with van der Waals surface area (Å²) in [6, 6.07) is 6.83. The van der Waals surface area contributed by atoms with Crippen LogP contribution in [0.15, 0.2) is 33.6 Å². The van der Waals surface area contributed by atoms with Gasteiger partial charge in [-0.2, -0.15) is 0 Å². The number of fused-ring (bicyclic) bond motifs is 1. The lowest BCUT2D eigenvalue weighted by Crippen LogP contribution is -2.27. The van der Waals surface area contributed by atoms with Crippen LogP contribution in [-0.2, 0) is 11.3 Å². The third kappa shape index (κ3) is 3.25. The van der Waals surface area contributed by atoms with E-state index < -0.39 is 0 Å². The van der Waals surface area contributed by atoms with E-state index in [2.05, 4.69) is 0 Å². The Hall–Kier alpha value is -1.65. The second kappa shape index (κ2) is 6.58. The lowest BCUT2D eigenvalue weighted by Gasteiger charge is -2.14. The quantitative estimate of drug-likeness (QED) is 0.467. The number of ether oxygens (including phenoxy) is 2. The van der Waals surface area contributed by atoms with Crippen molar-refractivity contribution >= 4 is 63.2 Å². The highest BCUT2D eigenvalue weighted by molar-refractivity contribution is 14.1. The zero-order valence-electron chi connectivity index (χ0n) is 12.5. The van der Waals surface area contributed by atoms with E-state index in [1.165, 1.54) is 0 Å². The van der Waals surface area contributed by atoms with Crippen molar-refractivity contribution in [1.29, 1.82) is 0 Å². The van der Waals surface area contributed by atoms with Crippen LogP contribution in [-0.4, -0.2) is 22.8 Å². The van der Waals surface area contributed by atoms with Crippen LogP contribution >= 0.6 is 46.0 Å². The second-order valence-corrected chi connectivity index (χ2v) is 7.67. The predicted octanol–water partition coefficient (Wildman–Crippen LogP) is 4.50. The molecular weight excluding hydrogens is 481 g/mol. The van der Waals surface area contributed by atoms with Gasteiger partial charge in [0.1, 0.15) is 5.76 Å². The van der Waals surface area contributed by atoms with Crippen molar-refractivity contribution in [1.82, 2.24) is 4.90 Å². The Morgan fingerprint density at radius 3 is 2.72 bits per heavy atom. The summed E-state index contributed by atoms with van der Waals surface area (Å²) >= 11 is 9.13. The Morgan fingerprint density at radius 1 is 1.24 bits per heavy atom. The van der Waals surface area contributed by atoms with Crippen molar-refractivity contribution in [3.63, 3.8) is 0 Å². The first kappa shape index (κ1) is 16.8. The Bertz CT molecular complexity index is 925. The highest BCUT2D eigenvalue weighted by Crippen LogP contribution is 2.39. The Kier molecular flexibility index (Phi) is 4.42. The minimum Gasteiger partial charge on any atom is -0.454 e. The first-order valence-electron chi connectivity index (χ1n) is 7.10. The minimum atomic E-state index is -0.379. The van der Waals surface area contributed by atoms with Gasteiger partial charge in [0.15, 0.2) is 15.3 Å². The summed E-state index contributed by atoms with van der Waals surface area (Å²) in [7, 11) is 0. The molecule has 0 spiro atoms. The topological polar surface area (TPSA) is 69.0 Å². The summed E-state index contributed by atoms with van der Waals surface area (Å²) in [6.07, 6.45) is 1.56. The molecule has 4 rings (SSSR count). The van der Waals surface area contributed by atoms with Crippen LogP contribution in [0.5, 0.6) is 11.5 Å². The monoisotopic (exact) mass is 489 g/mol. The fourth-order valence-electron chi connectivity index (χ4n) is 2.42. The largest absolute Gasteiger partial charge is 0.454 e. The Morgan fingerprint density at radius 2 is 2.00 bits per heavy atom. The lowest BCUT2D eigenvalue weighted by atomic mass is 10.2. The maximum absolute atomic E-state index is 12.5. The normalized spacial score (nSPS) is 17.8. The summed E-state index contributed by atoms with van der Waals surface area (Å²) in [5, 5.41) is 0.0547. The number of thioether (sulfide) groups is 1. The maximum atomic E-state index is 12.5. The molecule has 3 heterocycles. The van der Waals surface area contributed by atoms with Gasteiger partial charge >= 0.3 is 0 Å². The highest BCUT2D eigenvalue weighted by Gasteiger charge is 2.36. The standard InChI is InChI=1S/C16H9ClINO5S/c17-10-5-12-11(22-7-23-12)3-8(10)6-19-15(20)13(25-16(19)21)4-9-1-2-14(18)24-9/h1-5H,6-7H2/b13-4-. The Labute approximate surface area is 165 Å². The van der Waals surface area contributed by atoms with Gasteiger partial charge in [-0.3, -0.25) is 14.5 Å². The zero-order chi connectivity index (χ0) is 17.6. The van der Waals surface area contributed by atoms with Gasteiger partial charge in [0.05, 0.1) is 11.4 Å². The van der Waals surface area contributed by atoms with E-state index in [1.807, 2.05) is 22.6 Å². The fraction of sp³-hybridized carbons (Fsp3) is 0.125. The number of furan rings is 1. The van der Waals surface area contributed by atoms with Crippen LogP contribution < -0.4 is 9.47 Å². The first-order chi connectivity index (χ1) is 12.0. The van der Waals surface area contributed by atoms with E-state index in [4.69, 9.17) is 25.5 Å². The summed E-state index contributed by atoms with van der Waals surface area (Å²) < 4.78 is 16.7. The molecule has 1 aromatic heterocycles. The van der Waals surface area contributed by atoms with Gasteiger partial charge in [-0.25, -0.2) is 0 Å². The SMILES string of the molecule is O=C1S/C(=C\c2ccc(I)o2)C(=O)N1Cc1cc2c(cc1Cl)OCO2. The van der Waals surface area contributed by atoms with Crippen molar-refractivity contribution in [2.45, 2.75) is 6.54 Å². The van der Waals surface area contributed by atoms with Gasteiger partial charge in [-0.05, 0) is 58.1 Å². The van der Waals surface area contributed by atoms with E-state index in [1.54, 1.807) is 30.3 Å². The van der Waals surface area contributed by atoms with Crippen molar-refractivity contribution in [3.8, 4) is 11.5 Å². The molecule has 25 heavy (non-hydrogen) atoms. The van der Waals surface area contributed by atoms with Crippen LogP contribution in [0.4, 0.5) is 4.79 Å². The molecule has 1 saturated heterocycles. The molecule has 1 aromatic carbocycles. The number of benzene rings is 1. The van der Waals surface area contributed by atoms with E-state index in [9.17, 15) is 9.59 Å². The summed E-state index contributed by atoms with van der Waals surface area (Å²) in [4.78, 5) is 26.2. The highest BCUT2D eigenvalue weighted by atomic mass is 127. The van der Waals surface area contributed by atoms with Crippen molar-refractivity contribution in [2.75, 3.05) is 6.79 Å². The van der Waals surface area contributed by atoms with Gasteiger partial charge in [0.2, 0.25) is 6.79 Å². The third-order valence-electron chi connectivity index (χ3n) is 3.61. The number of rotatable bonds is 3. The Balaban J connectivity index is 1.58. The first-order valence-corrected chi connectivity index (χ1v) is 9.37. The van der Waals surface area contributed by atoms with E-state index in [0.29, 0.717) is 36.5 Å². The number of hydrogen-bond donors (Lipinski definition) is 0. The lowest BCUT2D eigenvalue weighted by molar-refractivity contribution is -0.123. The molecule has 0 saturated carbocycles. The van der Waals surface area contributed by atoms with E-state index >= 15 is 0 Å². The van der Waals surface area contributed by atoms with Gasteiger partial charge in [-0.1, -0.05) is 11.6 Å².